The summed E-state index contributed by atoms with van der Waals surface area (Å²) in [6.07, 6.45) is 1.92. The number of carbonyl (C=O) groups excluding carboxylic acids is 1. The first-order valence-electron chi connectivity index (χ1n) is 7.86. The van der Waals surface area contributed by atoms with Gasteiger partial charge in [-0.15, -0.1) is 5.10 Å². The summed E-state index contributed by atoms with van der Waals surface area (Å²) >= 11 is 2.51. The van der Waals surface area contributed by atoms with Gasteiger partial charge in [-0.1, -0.05) is 46.6 Å². The van der Waals surface area contributed by atoms with Gasteiger partial charge in [0.25, 0.3) is 0 Å². The zero-order chi connectivity index (χ0) is 18.4. The molecule has 2 heterocycles. The van der Waals surface area contributed by atoms with E-state index >= 15 is 0 Å². The Morgan fingerprint density at radius 2 is 2.08 bits per heavy atom. The Morgan fingerprint density at radius 3 is 2.85 bits per heavy atom. The molecule has 0 bridgehead atoms. The number of rotatable bonds is 7. The molecule has 134 valence electrons. The minimum Gasteiger partial charge on any atom is -0.460 e. The number of aromatic nitrogens is 4. The molecule has 0 radical (unpaired) electrons. The maximum Gasteiger partial charge on any atom is 0.352 e. The van der Waals surface area contributed by atoms with E-state index < -0.39 is 5.97 Å². The molecule has 0 amide bonds. The number of ether oxygens (including phenoxy) is 1. The van der Waals surface area contributed by atoms with Crippen molar-refractivity contribution in [1.82, 2.24) is 19.6 Å². The van der Waals surface area contributed by atoms with E-state index in [9.17, 15) is 4.79 Å². The third-order valence-corrected chi connectivity index (χ3v) is 4.63. The van der Waals surface area contributed by atoms with Crippen LogP contribution < -0.4 is 5.32 Å². The number of benzene rings is 1. The molecule has 0 saturated heterocycles. The van der Waals surface area contributed by atoms with E-state index in [1.54, 1.807) is 0 Å². The van der Waals surface area contributed by atoms with E-state index in [2.05, 4.69) is 24.9 Å². The highest BCUT2D eigenvalue weighted by molar-refractivity contribution is 7.98. The zero-order valence-electron chi connectivity index (χ0n) is 14.3. The van der Waals surface area contributed by atoms with Crippen LogP contribution in [0.15, 0.2) is 41.6 Å². The number of thioether (sulfide) groups is 1. The summed E-state index contributed by atoms with van der Waals surface area (Å²) in [4.78, 5) is 21.4. The van der Waals surface area contributed by atoms with Crippen LogP contribution >= 0.6 is 23.3 Å². The van der Waals surface area contributed by atoms with Gasteiger partial charge in [-0.25, -0.2) is 14.8 Å². The molecule has 0 saturated carbocycles. The van der Waals surface area contributed by atoms with E-state index in [1.807, 2.05) is 49.6 Å². The summed E-state index contributed by atoms with van der Waals surface area (Å²) in [6, 6.07) is 11.3. The Morgan fingerprint density at radius 1 is 1.27 bits per heavy atom. The number of aryl methyl sites for hydroxylation is 1. The van der Waals surface area contributed by atoms with Crippen molar-refractivity contribution in [3.63, 3.8) is 0 Å². The second kappa shape index (κ2) is 8.72. The zero-order valence-corrected chi connectivity index (χ0v) is 15.9. The van der Waals surface area contributed by atoms with Crippen LogP contribution in [0.5, 0.6) is 0 Å². The van der Waals surface area contributed by atoms with Gasteiger partial charge in [0.05, 0.1) is 6.54 Å². The molecule has 0 aliphatic rings. The predicted molar refractivity (Wildman–Crippen MR) is 103 cm³/mol. The number of hydrogen-bond donors (Lipinski definition) is 1. The largest absolute Gasteiger partial charge is 0.460 e. The van der Waals surface area contributed by atoms with E-state index in [0.717, 1.165) is 22.8 Å². The fourth-order valence-corrected chi connectivity index (χ4v) is 3.23. The van der Waals surface area contributed by atoms with Gasteiger partial charge in [0.2, 0.25) is 0 Å². The first kappa shape index (κ1) is 18.3. The summed E-state index contributed by atoms with van der Waals surface area (Å²) in [6.45, 7) is 2.57. The Kier molecular flexibility index (Phi) is 6.13. The first-order chi connectivity index (χ1) is 12.7. The van der Waals surface area contributed by atoms with Crippen molar-refractivity contribution in [1.29, 1.82) is 0 Å². The predicted octanol–water partition coefficient (Wildman–Crippen LogP) is 3.29. The molecule has 0 aliphatic heterocycles. The van der Waals surface area contributed by atoms with Crippen molar-refractivity contribution < 1.29 is 9.53 Å². The third-order valence-electron chi connectivity index (χ3n) is 3.38. The van der Waals surface area contributed by atoms with E-state index in [1.165, 1.54) is 11.8 Å². The standard InChI is InChI=1S/C17H17N5O2S2/c1-11-10-13(20-17(19-11)25-2)18-8-9-24-16(23)15-14(21-22-26-15)12-6-4-3-5-7-12/h3-7,10H,8-9H2,1-2H3,(H,18,19,20). The number of nitrogens with zero attached hydrogens (tertiary/aromatic N) is 4. The molecular formula is C17H17N5O2S2. The lowest BCUT2D eigenvalue weighted by Crippen LogP contribution is -2.14. The van der Waals surface area contributed by atoms with Gasteiger partial charge in [-0.05, 0) is 24.7 Å². The SMILES string of the molecule is CSc1nc(C)cc(NCCOC(=O)c2snnc2-c2ccccc2)n1. The van der Waals surface area contributed by atoms with Crippen LogP contribution in [0.2, 0.25) is 0 Å². The van der Waals surface area contributed by atoms with Crippen LogP contribution in [0.25, 0.3) is 11.3 Å². The van der Waals surface area contributed by atoms with Crippen molar-refractivity contribution in [2.24, 2.45) is 0 Å². The third kappa shape index (κ3) is 4.55. The highest BCUT2D eigenvalue weighted by Crippen LogP contribution is 2.24. The van der Waals surface area contributed by atoms with Gasteiger partial charge in [0.1, 0.15) is 18.1 Å². The molecule has 0 fully saturated rings. The normalized spacial score (nSPS) is 10.5. The summed E-state index contributed by atoms with van der Waals surface area (Å²) in [7, 11) is 0. The van der Waals surface area contributed by atoms with E-state index in [-0.39, 0.29) is 6.61 Å². The number of hydrogen-bond acceptors (Lipinski definition) is 9. The Labute approximate surface area is 159 Å². The summed E-state index contributed by atoms with van der Waals surface area (Å²) in [5.74, 6) is 0.284. The topological polar surface area (TPSA) is 89.9 Å². The lowest BCUT2D eigenvalue weighted by molar-refractivity contribution is 0.0527. The van der Waals surface area contributed by atoms with Crippen molar-refractivity contribution in [2.45, 2.75) is 12.1 Å². The molecular weight excluding hydrogens is 370 g/mol. The number of anilines is 1. The Bertz CT molecular complexity index is 886. The average Bonchev–Trinajstić information content (AvgIpc) is 3.15. The van der Waals surface area contributed by atoms with Gasteiger partial charge >= 0.3 is 5.97 Å². The van der Waals surface area contributed by atoms with Gasteiger partial charge < -0.3 is 10.1 Å². The van der Waals surface area contributed by atoms with Crippen LogP contribution in [0.1, 0.15) is 15.4 Å². The summed E-state index contributed by atoms with van der Waals surface area (Å²) < 4.78 is 9.22. The van der Waals surface area contributed by atoms with Crippen molar-refractivity contribution in [3.8, 4) is 11.3 Å². The smallest absolute Gasteiger partial charge is 0.352 e. The minimum atomic E-state index is -0.427. The Hall–Kier alpha value is -2.52. The molecule has 2 aromatic heterocycles. The van der Waals surface area contributed by atoms with Crippen LogP contribution in [0.3, 0.4) is 0 Å². The molecule has 0 spiro atoms. The molecule has 0 atom stereocenters. The molecule has 3 rings (SSSR count). The minimum absolute atomic E-state index is 0.211. The fraction of sp³-hybridized carbons (Fsp3) is 0.235. The Balaban J connectivity index is 1.56. The monoisotopic (exact) mass is 387 g/mol. The summed E-state index contributed by atoms with van der Waals surface area (Å²) in [5, 5.41) is 7.88. The average molecular weight is 387 g/mol. The maximum absolute atomic E-state index is 12.3. The fourth-order valence-electron chi connectivity index (χ4n) is 2.22. The van der Waals surface area contributed by atoms with Crippen molar-refractivity contribution >= 4 is 35.1 Å². The molecule has 26 heavy (non-hydrogen) atoms. The molecule has 0 unspecified atom stereocenters. The second-order valence-corrected chi connectivity index (χ2v) is 6.79. The van der Waals surface area contributed by atoms with Crippen LogP contribution in [0.4, 0.5) is 5.82 Å². The van der Waals surface area contributed by atoms with Crippen molar-refractivity contribution in [2.75, 3.05) is 24.7 Å². The number of carbonyl (C=O) groups is 1. The molecule has 1 N–H and O–H groups in total. The van der Waals surface area contributed by atoms with Gasteiger partial charge in [-0.3, -0.25) is 0 Å². The first-order valence-corrected chi connectivity index (χ1v) is 9.85. The number of nitrogens with one attached hydrogen (secondary N) is 1. The lowest BCUT2D eigenvalue weighted by atomic mass is 10.1. The molecule has 0 aliphatic carbocycles. The second-order valence-electron chi connectivity index (χ2n) is 5.26. The van der Waals surface area contributed by atoms with Crippen LogP contribution in [-0.2, 0) is 4.74 Å². The van der Waals surface area contributed by atoms with E-state index in [0.29, 0.717) is 28.1 Å². The van der Waals surface area contributed by atoms with Crippen LogP contribution in [0, 0.1) is 6.92 Å². The quantitative estimate of drug-likeness (QED) is 0.286. The molecule has 7 nitrogen and oxygen atoms in total. The van der Waals surface area contributed by atoms with Gasteiger partial charge in [0, 0.05) is 17.3 Å². The highest BCUT2D eigenvalue weighted by atomic mass is 32.2. The van der Waals surface area contributed by atoms with Crippen LogP contribution in [-0.4, -0.2) is 44.9 Å². The van der Waals surface area contributed by atoms with E-state index in [4.69, 9.17) is 4.74 Å². The molecule has 3 aromatic rings. The maximum atomic E-state index is 12.3. The highest BCUT2D eigenvalue weighted by Gasteiger charge is 2.18. The van der Waals surface area contributed by atoms with Crippen molar-refractivity contribution in [3.05, 3.63) is 47.0 Å². The van der Waals surface area contributed by atoms with Gasteiger partial charge in [0.15, 0.2) is 10.0 Å². The summed E-state index contributed by atoms with van der Waals surface area (Å²) in [5.41, 5.74) is 2.27. The molecule has 1 aromatic carbocycles. The van der Waals surface area contributed by atoms with Gasteiger partial charge in [-0.2, -0.15) is 0 Å². The molecule has 9 heteroatoms. The lowest BCUT2D eigenvalue weighted by Gasteiger charge is -2.08. The number of esters is 1.